The molecule has 0 atom stereocenters. The van der Waals surface area contributed by atoms with Crippen LogP contribution in [0.1, 0.15) is 5.56 Å². The molecule has 0 amide bonds. The second kappa shape index (κ2) is 7.75. The number of hydrogen-bond acceptors (Lipinski definition) is 6. The lowest BCUT2D eigenvalue weighted by Gasteiger charge is -2.07. The Morgan fingerprint density at radius 1 is 1.06 bits per heavy atom. The monoisotopic (exact) mass is 521 g/mol. The maximum absolute atomic E-state index is 13.4. The zero-order valence-corrected chi connectivity index (χ0v) is 19.1. The van der Waals surface area contributed by atoms with Crippen LogP contribution in [0.5, 0.6) is 11.5 Å². The van der Waals surface area contributed by atoms with Crippen LogP contribution in [0.2, 0.25) is 5.02 Å². The molecule has 0 saturated carbocycles. The Labute approximate surface area is 200 Å². The lowest BCUT2D eigenvalue weighted by atomic mass is 10.2. The summed E-state index contributed by atoms with van der Waals surface area (Å²) >= 11 is 9.85. The molecule has 2 aromatic heterocycles. The lowest BCUT2D eigenvalue weighted by molar-refractivity contribution is 0.174. The van der Waals surface area contributed by atoms with E-state index in [1.165, 1.54) is 10.9 Å². The van der Waals surface area contributed by atoms with Crippen LogP contribution in [0.15, 0.2) is 79.4 Å². The summed E-state index contributed by atoms with van der Waals surface area (Å²) in [5, 5.41) is 6.17. The first-order valence-corrected chi connectivity index (χ1v) is 11.1. The highest BCUT2D eigenvalue weighted by molar-refractivity contribution is 9.10. The lowest BCUT2D eigenvalue weighted by Crippen LogP contribution is -2.20. The van der Waals surface area contributed by atoms with E-state index in [1.807, 2.05) is 30.3 Å². The molecule has 0 saturated heterocycles. The topological polar surface area (TPSA) is 78.9 Å². The van der Waals surface area contributed by atoms with Gasteiger partial charge in [0, 0.05) is 21.5 Å². The van der Waals surface area contributed by atoms with Crippen LogP contribution in [-0.2, 0) is 0 Å². The molecule has 0 N–H and O–H groups in total. The normalized spacial score (nSPS) is 12.9. The number of halogens is 2. The number of furan rings is 1. The van der Waals surface area contributed by atoms with Gasteiger partial charge in [-0.3, -0.25) is 4.79 Å². The van der Waals surface area contributed by atoms with Crippen LogP contribution in [0.25, 0.3) is 33.5 Å². The minimum absolute atomic E-state index is 0.132. The van der Waals surface area contributed by atoms with Crippen molar-refractivity contribution in [2.75, 3.05) is 6.79 Å². The second-order valence-corrected chi connectivity index (χ2v) is 8.66. The fourth-order valence-corrected chi connectivity index (χ4v) is 4.25. The minimum Gasteiger partial charge on any atom is -0.454 e. The Morgan fingerprint density at radius 3 is 2.76 bits per heavy atom. The number of aromatic nitrogens is 2. The Morgan fingerprint density at radius 2 is 1.88 bits per heavy atom. The molecule has 1 aliphatic heterocycles. The smallest absolute Gasteiger partial charge is 0.282 e. The summed E-state index contributed by atoms with van der Waals surface area (Å²) in [6.07, 6.45) is 1.49. The van der Waals surface area contributed by atoms with Crippen LogP contribution in [0, 0.1) is 0 Å². The van der Waals surface area contributed by atoms with Crippen LogP contribution >= 0.6 is 27.5 Å². The Bertz CT molecular complexity index is 1660. The molecule has 33 heavy (non-hydrogen) atoms. The molecule has 0 spiro atoms. The highest BCUT2D eigenvalue weighted by Crippen LogP contribution is 2.36. The molecule has 0 radical (unpaired) electrons. The standard InChI is InChI=1S/C24H13BrClN3O4/c25-15-5-6-19-13(7-15)8-22(33-19)23-28-18-4-2-1-3-16(18)24(30)29(23)27-11-14-9-20-21(10-17(14)26)32-12-31-20/h1-11H,12H2. The van der Waals surface area contributed by atoms with Crippen molar-refractivity contribution in [3.63, 3.8) is 0 Å². The highest BCUT2D eigenvalue weighted by atomic mass is 79.9. The summed E-state index contributed by atoms with van der Waals surface area (Å²) in [5.74, 6) is 1.82. The average Bonchev–Trinajstić information content (AvgIpc) is 3.44. The van der Waals surface area contributed by atoms with E-state index in [0.717, 1.165) is 9.86 Å². The summed E-state index contributed by atoms with van der Waals surface area (Å²) < 4.78 is 18.9. The minimum atomic E-state index is -0.328. The van der Waals surface area contributed by atoms with Gasteiger partial charge in [-0.1, -0.05) is 39.7 Å². The number of nitrogens with zero attached hydrogens (tertiary/aromatic N) is 3. The van der Waals surface area contributed by atoms with E-state index in [1.54, 1.807) is 30.3 Å². The van der Waals surface area contributed by atoms with Crippen molar-refractivity contribution in [2.45, 2.75) is 0 Å². The van der Waals surface area contributed by atoms with Crippen LogP contribution < -0.4 is 15.0 Å². The molecule has 1 aliphatic rings. The van der Waals surface area contributed by atoms with Gasteiger partial charge in [0.15, 0.2) is 17.3 Å². The summed E-state index contributed by atoms with van der Waals surface area (Å²) in [7, 11) is 0. The molecular weight excluding hydrogens is 510 g/mol. The number of fused-ring (bicyclic) bond motifs is 3. The van der Waals surface area contributed by atoms with E-state index in [0.29, 0.717) is 44.3 Å². The third kappa shape index (κ3) is 3.48. The largest absolute Gasteiger partial charge is 0.454 e. The first-order chi connectivity index (χ1) is 16.1. The van der Waals surface area contributed by atoms with Gasteiger partial charge in [0.25, 0.3) is 5.56 Å². The molecule has 5 aromatic rings. The van der Waals surface area contributed by atoms with E-state index in [9.17, 15) is 4.79 Å². The van der Waals surface area contributed by atoms with Gasteiger partial charge >= 0.3 is 0 Å². The van der Waals surface area contributed by atoms with E-state index in [2.05, 4.69) is 26.0 Å². The van der Waals surface area contributed by atoms with Gasteiger partial charge < -0.3 is 13.9 Å². The number of para-hydroxylation sites is 1. The van der Waals surface area contributed by atoms with Gasteiger partial charge in [0.05, 0.1) is 22.1 Å². The third-order valence-electron chi connectivity index (χ3n) is 5.26. The first-order valence-electron chi connectivity index (χ1n) is 9.91. The quantitative estimate of drug-likeness (QED) is 0.278. The first kappa shape index (κ1) is 20.0. The molecule has 9 heteroatoms. The van der Waals surface area contributed by atoms with Crippen LogP contribution in [0.3, 0.4) is 0 Å². The van der Waals surface area contributed by atoms with Crippen molar-refractivity contribution in [2.24, 2.45) is 5.10 Å². The van der Waals surface area contributed by atoms with Crippen molar-refractivity contribution < 1.29 is 13.9 Å². The summed E-state index contributed by atoms with van der Waals surface area (Å²) in [5.41, 5.74) is 1.46. The molecule has 0 fully saturated rings. The fraction of sp³-hybridized carbons (Fsp3) is 0.0417. The van der Waals surface area contributed by atoms with Gasteiger partial charge in [-0.05, 0) is 42.5 Å². The fourth-order valence-electron chi connectivity index (χ4n) is 3.67. The average molecular weight is 523 g/mol. The number of rotatable bonds is 3. The number of benzene rings is 3. The van der Waals surface area contributed by atoms with Gasteiger partial charge in [-0.25, -0.2) is 4.98 Å². The van der Waals surface area contributed by atoms with Crippen molar-refractivity contribution in [3.05, 3.63) is 86.1 Å². The Hall–Kier alpha value is -3.62. The summed E-state index contributed by atoms with van der Waals surface area (Å²) in [6, 6.07) is 18.0. The third-order valence-corrected chi connectivity index (χ3v) is 6.08. The molecule has 162 valence electrons. The van der Waals surface area contributed by atoms with Crippen molar-refractivity contribution in [1.82, 2.24) is 9.66 Å². The predicted molar refractivity (Wildman–Crippen MR) is 129 cm³/mol. The van der Waals surface area contributed by atoms with Gasteiger partial charge in [-0.2, -0.15) is 9.78 Å². The van der Waals surface area contributed by atoms with E-state index in [4.69, 9.17) is 25.5 Å². The summed E-state index contributed by atoms with van der Waals surface area (Å²) in [4.78, 5) is 18.1. The van der Waals surface area contributed by atoms with Crippen LogP contribution in [0.4, 0.5) is 0 Å². The molecule has 6 rings (SSSR count). The highest BCUT2D eigenvalue weighted by Gasteiger charge is 2.18. The molecule has 3 heterocycles. The molecule has 7 nitrogen and oxygen atoms in total. The van der Waals surface area contributed by atoms with Gasteiger partial charge in [0.1, 0.15) is 5.58 Å². The molecule has 0 bridgehead atoms. The number of ether oxygens (including phenoxy) is 2. The van der Waals surface area contributed by atoms with Crippen molar-refractivity contribution in [1.29, 1.82) is 0 Å². The van der Waals surface area contributed by atoms with Gasteiger partial charge in [0.2, 0.25) is 12.6 Å². The maximum atomic E-state index is 13.4. The zero-order chi connectivity index (χ0) is 22.5. The van der Waals surface area contributed by atoms with Crippen LogP contribution in [-0.4, -0.2) is 22.7 Å². The summed E-state index contributed by atoms with van der Waals surface area (Å²) in [6.45, 7) is 0.132. The van der Waals surface area contributed by atoms with Crippen molar-refractivity contribution >= 4 is 55.6 Å². The van der Waals surface area contributed by atoms with Gasteiger partial charge in [-0.15, -0.1) is 0 Å². The van der Waals surface area contributed by atoms with Crippen molar-refractivity contribution in [3.8, 4) is 23.1 Å². The predicted octanol–water partition coefficient (Wildman–Crippen LogP) is 5.84. The zero-order valence-electron chi connectivity index (χ0n) is 16.8. The molecule has 0 aliphatic carbocycles. The maximum Gasteiger partial charge on any atom is 0.282 e. The van der Waals surface area contributed by atoms with E-state index >= 15 is 0 Å². The van der Waals surface area contributed by atoms with E-state index < -0.39 is 0 Å². The SMILES string of the molecule is O=c1c2ccccc2nc(-c2cc3cc(Br)ccc3o2)n1N=Cc1cc2c(cc1Cl)OCO2. The Balaban J connectivity index is 1.55. The molecule has 0 unspecified atom stereocenters. The molecule has 3 aromatic carbocycles. The van der Waals surface area contributed by atoms with E-state index in [-0.39, 0.29) is 18.2 Å². The number of hydrogen-bond donors (Lipinski definition) is 0. The second-order valence-electron chi connectivity index (χ2n) is 7.33. The Kier molecular flexibility index (Phi) is 4.70. The molecular formula is C24H13BrClN3O4.